The molecule has 1 unspecified atom stereocenters. The van der Waals surface area contributed by atoms with E-state index in [9.17, 15) is 14.5 Å². The maximum absolute atomic E-state index is 13.5. The van der Waals surface area contributed by atoms with E-state index in [2.05, 4.69) is 17.1 Å². The number of nitro benzene ring substituents is 1. The number of hydrogen-bond acceptors (Lipinski definition) is 4. The van der Waals surface area contributed by atoms with E-state index < -0.39 is 16.4 Å². The zero-order chi connectivity index (χ0) is 15.2. The Labute approximate surface area is 124 Å². The SMILES string of the molecule is CC(CNc1cccc(F)c1[N+](=O)[O-])CN1CCCCC1. The Balaban J connectivity index is 1.90. The molecule has 0 aliphatic carbocycles. The number of halogens is 1. The number of nitrogens with zero attached hydrogens (tertiary/aromatic N) is 2. The van der Waals surface area contributed by atoms with Gasteiger partial charge in [-0.15, -0.1) is 0 Å². The number of benzene rings is 1. The van der Waals surface area contributed by atoms with Crippen molar-refractivity contribution in [2.75, 3.05) is 31.5 Å². The van der Waals surface area contributed by atoms with Crippen molar-refractivity contribution in [1.29, 1.82) is 0 Å². The number of anilines is 1. The Kier molecular flexibility index (Phi) is 5.50. The van der Waals surface area contributed by atoms with E-state index in [0.29, 0.717) is 12.5 Å². The van der Waals surface area contributed by atoms with Gasteiger partial charge < -0.3 is 10.2 Å². The Morgan fingerprint density at radius 1 is 1.38 bits per heavy atom. The second kappa shape index (κ2) is 7.36. The zero-order valence-corrected chi connectivity index (χ0v) is 12.3. The molecule has 0 bridgehead atoms. The largest absolute Gasteiger partial charge is 0.379 e. The molecule has 116 valence electrons. The molecule has 1 saturated heterocycles. The Morgan fingerprint density at radius 3 is 2.76 bits per heavy atom. The Morgan fingerprint density at radius 2 is 2.10 bits per heavy atom. The lowest BCUT2D eigenvalue weighted by Crippen LogP contribution is -2.35. The van der Waals surface area contributed by atoms with Gasteiger partial charge in [0.15, 0.2) is 0 Å². The highest BCUT2D eigenvalue weighted by atomic mass is 19.1. The zero-order valence-electron chi connectivity index (χ0n) is 12.3. The van der Waals surface area contributed by atoms with Gasteiger partial charge in [0.1, 0.15) is 5.69 Å². The third-order valence-corrected chi connectivity index (χ3v) is 3.83. The van der Waals surface area contributed by atoms with Gasteiger partial charge in [-0.25, -0.2) is 0 Å². The van der Waals surface area contributed by atoms with E-state index in [1.165, 1.54) is 25.3 Å². The number of rotatable bonds is 6. The van der Waals surface area contributed by atoms with E-state index in [-0.39, 0.29) is 5.69 Å². The van der Waals surface area contributed by atoms with Gasteiger partial charge in [0.25, 0.3) is 0 Å². The van der Waals surface area contributed by atoms with Crippen molar-refractivity contribution in [3.8, 4) is 0 Å². The summed E-state index contributed by atoms with van der Waals surface area (Å²) in [6.07, 6.45) is 3.80. The van der Waals surface area contributed by atoms with Crippen LogP contribution in [0.25, 0.3) is 0 Å². The molecule has 1 fully saturated rings. The fourth-order valence-corrected chi connectivity index (χ4v) is 2.78. The normalized spacial score (nSPS) is 17.4. The minimum Gasteiger partial charge on any atom is -0.379 e. The lowest BCUT2D eigenvalue weighted by atomic mass is 10.1. The number of nitrogens with one attached hydrogen (secondary N) is 1. The molecule has 0 radical (unpaired) electrons. The van der Waals surface area contributed by atoms with Crippen LogP contribution in [-0.4, -0.2) is 36.0 Å². The molecule has 1 aliphatic heterocycles. The number of likely N-dealkylation sites (tertiary alicyclic amines) is 1. The molecule has 0 spiro atoms. The van der Waals surface area contributed by atoms with Crippen molar-refractivity contribution < 1.29 is 9.31 Å². The molecule has 1 heterocycles. The van der Waals surface area contributed by atoms with E-state index in [4.69, 9.17) is 0 Å². The Bertz CT molecular complexity index is 490. The molecule has 21 heavy (non-hydrogen) atoms. The molecular formula is C15H22FN3O2. The third kappa shape index (κ3) is 4.39. The summed E-state index contributed by atoms with van der Waals surface area (Å²) in [7, 11) is 0. The molecule has 1 N–H and O–H groups in total. The average molecular weight is 295 g/mol. The summed E-state index contributed by atoms with van der Waals surface area (Å²) >= 11 is 0. The topological polar surface area (TPSA) is 58.4 Å². The second-order valence-electron chi connectivity index (χ2n) is 5.74. The number of para-hydroxylation sites is 1. The number of nitro groups is 1. The fraction of sp³-hybridized carbons (Fsp3) is 0.600. The van der Waals surface area contributed by atoms with Crippen LogP contribution in [0.15, 0.2) is 18.2 Å². The van der Waals surface area contributed by atoms with Gasteiger partial charge in [-0.3, -0.25) is 10.1 Å². The van der Waals surface area contributed by atoms with Crippen LogP contribution in [0.4, 0.5) is 15.8 Å². The van der Waals surface area contributed by atoms with Crippen molar-refractivity contribution >= 4 is 11.4 Å². The standard InChI is InChI=1S/C15H22FN3O2/c1-12(11-18-8-3-2-4-9-18)10-17-14-7-5-6-13(16)15(14)19(20)21/h5-7,12,17H,2-4,8-11H2,1H3. The van der Waals surface area contributed by atoms with Gasteiger partial charge in [0.05, 0.1) is 4.92 Å². The van der Waals surface area contributed by atoms with Gasteiger partial charge in [-0.05, 0) is 44.0 Å². The monoisotopic (exact) mass is 295 g/mol. The molecular weight excluding hydrogens is 273 g/mol. The van der Waals surface area contributed by atoms with Crippen LogP contribution in [0.3, 0.4) is 0 Å². The van der Waals surface area contributed by atoms with Crippen LogP contribution in [0.1, 0.15) is 26.2 Å². The minimum atomic E-state index is -0.798. The first kappa shape index (κ1) is 15.7. The average Bonchev–Trinajstić information content (AvgIpc) is 2.45. The van der Waals surface area contributed by atoms with E-state index in [1.54, 1.807) is 6.07 Å². The smallest absolute Gasteiger partial charge is 0.327 e. The maximum Gasteiger partial charge on any atom is 0.327 e. The highest BCUT2D eigenvalue weighted by Gasteiger charge is 2.20. The van der Waals surface area contributed by atoms with E-state index >= 15 is 0 Å². The lowest BCUT2D eigenvalue weighted by Gasteiger charge is -2.29. The molecule has 0 saturated carbocycles. The summed E-state index contributed by atoms with van der Waals surface area (Å²) in [4.78, 5) is 12.7. The summed E-state index contributed by atoms with van der Waals surface area (Å²) in [5.41, 5.74) is -0.215. The van der Waals surface area contributed by atoms with E-state index in [1.807, 2.05) is 0 Å². The summed E-state index contributed by atoms with van der Waals surface area (Å²) in [6, 6.07) is 4.15. The molecule has 1 atom stereocenters. The van der Waals surface area contributed by atoms with Gasteiger partial charge in [0, 0.05) is 13.1 Å². The first-order valence-corrected chi connectivity index (χ1v) is 7.47. The lowest BCUT2D eigenvalue weighted by molar-refractivity contribution is -0.386. The van der Waals surface area contributed by atoms with Crippen LogP contribution < -0.4 is 5.32 Å². The highest BCUT2D eigenvalue weighted by molar-refractivity contribution is 5.61. The highest BCUT2D eigenvalue weighted by Crippen LogP contribution is 2.27. The van der Waals surface area contributed by atoms with Crippen molar-refractivity contribution in [3.63, 3.8) is 0 Å². The molecule has 1 aromatic carbocycles. The van der Waals surface area contributed by atoms with Gasteiger partial charge in [-0.2, -0.15) is 4.39 Å². The molecule has 1 aromatic rings. The van der Waals surface area contributed by atoms with Crippen molar-refractivity contribution in [1.82, 2.24) is 4.90 Å². The molecule has 2 rings (SSSR count). The van der Waals surface area contributed by atoms with Crippen molar-refractivity contribution in [3.05, 3.63) is 34.1 Å². The Hall–Kier alpha value is -1.69. The summed E-state index contributed by atoms with van der Waals surface area (Å²) in [5, 5.41) is 13.9. The van der Waals surface area contributed by atoms with Crippen LogP contribution in [0.2, 0.25) is 0 Å². The summed E-state index contributed by atoms with van der Waals surface area (Å²) in [6.45, 7) is 5.93. The van der Waals surface area contributed by atoms with Crippen LogP contribution in [0.5, 0.6) is 0 Å². The van der Waals surface area contributed by atoms with E-state index in [0.717, 1.165) is 25.7 Å². The molecule has 5 nitrogen and oxygen atoms in total. The van der Waals surface area contributed by atoms with Gasteiger partial charge in [0.2, 0.25) is 5.82 Å². The quantitative estimate of drug-likeness (QED) is 0.646. The van der Waals surface area contributed by atoms with Crippen LogP contribution in [-0.2, 0) is 0 Å². The number of piperidine rings is 1. The summed E-state index contributed by atoms with van der Waals surface area (Å²) < 4.78 is 13.5. The van der Waals surface area contributed by atoms with Crippen molar-refractivity contribution in [2.45, 2.75) is 26.2 Å². The molecule has 0 aromatic heterocycles. The third-order valence-electron chi connectivity index (χ3n) is 3.83. The first-order valence-electron chi connectivity index (χ1n) is 7.47. The number of hydrogen-bond donors (Lipinski definition) is 1. The second-order valence-corrected chi connectivity index (χ2v) is 5.74. The fourth-order valence-electron chi connectivity index (χ4n) is 2.78. The molecule has 0 amide bonds. The van der Waals surface area contributed by atoms with Crippen molar-refractivity contribution in [2.24, 2.45) is 5.92 Å². The minimum absolute atomic E-state index is 0.255. The molecule has 6 heteroatoms. The van der Waals surface area contributed by atoms with Gasteiger partial charge in [-0.1, -0.05) is 19.4 Å². The predicted octanol–water partition coefficient (Wildman–Crippen LogP) is 3.27. The van der Waals surface area contributed by atoms with Crippen LogP contribution in [0, 0.1) is 21.8 Å². The van der Waals surface area contributed by atoms with Crippen LogP contribution >= 0.6 is 0 Å². The van der Waals surface area contributed by atoms with Gasteiger partial charge >= 0.3 is 5.69 Å². The summed E-state index contributed by atoms with van der Waals surface area (Å²) in [5.74, 6) is -0.445. The predicted molar refractivity (Wildman–Crippen MR) is 81.0 cm³/mol. The molecule has 1 aliphatic rings. The maximum atomic E-state index is 13.5. The first-order chi connectivity index (χ1) is 10.1.